The van der Waals surface area contributed by atoms with E-state index in [1.54, 1.807) is 31.4 Å². The molecular weight excluding hydrogens is 548 g/mol. The van der Waals surface area contributed by atoms with E-state index in [1.165, 1.54) is 0 Å². The van der Waals surface area contributed by atoms with E-state index in [0.29, 0.717) is 61.0 Å². The van der Waals surface area contributed by atoms with Crippen LogP contribution in [0.1, 0.15) is 54.1 Å². The topological polar surface area (TPSA) is 120 Å². The first kappa shape index (κ1) is 31.8. The van der Waals surface area contributed by atoms with Gasteiger partial charge in [-0.05, 0) is 49.9 Å². The molecular formula is C30H40N2O8S. The van der Waals surface area contributed by atoms with Gasteiger partial charge in [-0.15, -0.1) is 6.58 Å². The van der Waals surface area contributed by atoms with Gasteiger partial charge in [-0.1, -0.05) is 25.5 Å². The van der Waals surface area contributed by atoms with Gasteiger partial charge in [-0.25, -0.2) is 8.42 Å². The Morgan fingerprint density at radius 1 is 1.00 bits per heavy atom. The van der Waals surface area contributed by atoms with Crippen molar-refractivity contribution in [2.75, 3.05) is 46.3 Å². The summed E-state index contributed by atoms with van der Waals surface area (Å²) in [4.78, 5) is 26.8. The normalized spacial score (nSPS) is 13.0. The second-order valence-corrected chi connectivity index (χ2v) is 11.5. The van der Waals surface area contributed by atoms with Gasteiger partial charge >= 0.3 is 0 Å². The Labute approximate surface area is 242 Å². The Kier molecular flexibility index (Phi) is 11.9. The van der Waals surface area contributed by atoms with Crippen molar-refractivity contribution < 1.29 is 37.0 Å². The highest BCUT2D eigenvalue weighted by atomic mass is 32.2. The van der Waals surface area contributed by atoms with Gasteiger partial charge in [0.05, 0.1) is 32.1 Å². The highest BCUT2D eigenvalue weighted by Gasteiger charge is 2.25. The van der Waals surface area contributed by atoms with E-state index in [-0.39, 0.29) is 5.91 Å². The molecule has 0 saturated carbocycles. The first-order valence-corrected chi connectivity index (χ1v) is 15.7. The fourth-order valence-electron chi connectivity index (χ4n) is 4.69. The number of rotatable bonds is 16. The summed E-state index contributed by atoms with van der Waals surface area (Å²) in [6.45, 7) is 7.69. The summed E-state index contributed by atoms with van der Waals surface area (Å²) < 4.78 is 47.8. The smallest absolute Gasteiger partial charge is 0.271 e. The zero-order valence-corrected chi connectivity index (χ0v) is 24.9. The Morgan fingerprint density at radius 2 is 1.63 bits per heavy atom. The summed E-state index contributed by atoms with van der Waals surface area (Å²) in [6.07, 6.45) is 7.24. The number of nitrogens with one attached hydrogen (secondary N) is 1. The number of methoxy groups -OCH3 is 1. The van der Waals surface area contributed by atoms with E-state index in [9.17, 15) is 18.0 Å². The summed E-state index contributed by atoms with van der Waals surface area (Å²) in [5, 5.41) is 0. The van der Waals surface area contributed by atoms with Gasteiger partial charge in [0.15, 0.2) is 6.61 Å². The minimum Gasteiger partial charge on any atom is -0.495 e. The average molecular weight is 589 g/mol. The van der Waals surface area contributed by atoms with Crippen molar-refractivity contribution in [3.05, 3.63) is 59.7 Å². The minimum absolute atomic E-state index is 0.0327. The lowest BCUT2D eigenvalue weighted by atomic mass is 10.0. The van der Waals surface area contributed by atoms with Crippen LogP contribution >= 0.6 is 0 Å². The number of carbonyl (C=O) groups excluding carboxylic acids is 2. The van der Waals surface area contributed by atoms with E-state index in [4.69, 9.17) is 18.9 Å². The zero-order chi connectivity index (χ0) is 29.8. The molecule has 0 aliphatic carbocycles. The number of hydrogen-bond donors (Lipinski definition) is 1. The maximum absolute atomic E-state index is 13.1. The Morgan fingerprint density at radius 3 is 2.22 bits per heavy atom. The minimum atomic E-state index is -3.66. The maximum atomic E-state index is 13.1. The predicted octanol–water partition coefficient (Wildman–Crippen LogP) is 3.91. The number of nitrogens with zero attached hydrogens (tertiary/aromatic N) is 1. The molecule has 41 heavy (non-hydrogen) atoms. The molecule has 0 bridgehead atoms. The molecule has 1 fully saturated rings. The van der Waals surface area contributed by atoms with Crippen molar-refractivity contribution >= 4 is 21.8 Å². The molecule has 0 unspecified atom stereocenters. The summed E-state index contributed by atoms with van der Waals surface area (Å²) in [5.41, 5.74) is 2.11. The number of carbonyl (C=O) groups is 2. The second-order valence-electron chi connectivity index (χ2n) is 9.73. The van der Waals surface area contributed by atoms with Crippen LogP contribution in [0.25, 0.3) is 0 Å². The van der Waals surface area contributed by atoms with Crippen LogP contribution in [0.2, 0.25) is 0 Å². The molecule has 224 valence electrons. The summed E-state index contributed by atoms with van der Waals surface area (Å²) >= 11 is 0. The maximum Gasteiger partial charge on any atom is 0.271 e. The van der Waals surface area contributed by atoms with E-state index < -0.39 is 22.5 Å². The number of amides is 2. The third kappa shape index (κ3) is 9.14. The SMILES string of the molecule is C=CCc1c(OCCCOc2cccc(OCC(=O)NS(C)(=O)=O)c2CCC)ccc(C(=O)N2CCCC2)c1OC. The van der Waals surface area contributed by atoms with Crippen molar-refractivity contribution in [1.82, 2.24) is 9.62 Å². The third-order valence-corrected chi connectivity index (χ3v) is 7.04. The Balaban J connectivity index is 1.62. The summed E-state index contributed by atoms with van der Waals surface area (Å²) in [6, 6.07) is 8.88. The lowest BCUT2D eigenvalue weighted by Gasteiger charge is -2.21. The number of likely N-dealkylation sites (tertiary alicyclic amines) is 1. The molecule has 11 heteroatoms. The predicted molar refractivity (Wildman–Crippen MR) is 157 cm³/mol. The fourth-order valence-corrected chi connectivity index (χ4v) is 5.16. The van der Waals surface area contributed by atoms with Crippen molar-refractivity contribution in [3.63, 3.8) is 0 Å². The number of benzene rings is 2. The number of sulfonamides is 1. The summed E-state index contributed by atoms with van der Waals surface area (Å²) in [7, 11) is -2.10. The van der Waals surface area contributed by atoms with Crippen molar-refractivity contribution in [1.29, 1.82) is 0 Å². The molecule has 1 N–H and O–H groups in total. The molecule has 1 aliphatic rings. The van der Waals surface area contributed by atoms with E-state index in [1.807, 2.05) is 28.7 Å². The highest BCUT2D eigenvalue weighted by molar-refractivity contribution is 7.89. The highest BCUT2D eigenvalue weighted by Crippen LogP contribution is 2.35. The zero-order valence-electron chi connectivity index (χ0n) is 24.1. The average Bonchev–Trinajstić information content (AvgIpc) is 3.47. The monoisotopic (exact) mass is 588 g/mol. The van der Waals surface area contributed by atoms with Crippen molar-refractivity contribution in [2.45, 2.75) is 45.4 Å². The van der Waals surface area contributed by atoms with Crippen LogP contribution in [-0.4, -0.2) is 71.4 Å². The Bertz CT molecular complexity index is 1320. The number of ether oxygens (including phenoxy) is 4. The molecule has 0 aromatic heterocycles. The molecule has 0 radical (unpaired) electrons. The molecule has 0 atom stereocenters. The Hall–Kier alpha value is -3.73. The molecule has 0 spiro atoms. The number of hydrogen-bond acceptors (Lipinski definition) is 8. The van der Waals surface area contributed by atoms with Gasteiger partial charge in [-0.2, -0.15) is 0 Å². The standard InChI is InChI=1S/C30H40N2O8S/c1-5-11-22-25(13-9-14-26(22)40-21-28(33)31-41(4,35)36)38-19-10-20-39-27-16-15-24(29(37-3)23(27)12-6-2)30(34)32-17-7-8-18-32/h6,9,13-16H,2,5,7-8,10-12,17-21H2,1,3-4H3,(H,31,33). The van der Waals surface area contributed by atoms with Gasteiger partial charge in [0.25, 0.3) is 11.8 Å². The van der Waals surface area contributed by atoms with E-state index in [0.717, 1.165) is 49.7 Å². The first-order valence-electron chi connectivity index (χ1n) is 13.8. The largest absolute Gasteiger partial charge is 0.495 e. The van der Waals surface area contributed by atoms with Crippen LogP contribution in [0.4, 0.5) is 0 Å². The molecule has 1 heterocycles. The van der Waals surface area contributed by atoms with Crippen molar-refractivity contribution in [2.24, 2.45) is 0 Å². The van der Waals surface area contributed by atoms with Gasteiger partial charge in [0.2, 0.25) is 10.0 Å². The van der Waals surface area contributed by atoms with Gasteiger partial charge in [0, 0.05) is 30.6 Å². The van der Waals surface area contributed by atoms with E-state index in [2.05, 4.69) is 6.58 Å². The quantitative estimate of drug-likeness (QED) is 0.232. The molecule has 1 aliphatic heterocycles. The molecule has 2 amide bonds. The van der Waals surface area contributed by atoms with E-state index >= 15 is 0 Å². The van der Waals surface area contributed by atoms with Crippen molar-refractivity contribution in [3.8, 4) is 23.0 Å². The summed E-state index contributed by atoms with van der Waals surface area (Å²) in [5.74, 6) is 1.46. The third-order valence-electron chi connectivity index (χ3n) is 6.45. The van der Waals surface area contributed by atoms with Gasteiger partial charge < -0.3 is 23.8 Å². The number of allylic oxidation sites excluding steroid dienone is 1. The van der Waals surface area contributed by atoms with Crippen LogP contribution < -0.4 is 23.7 Å². The lowest BCUT2D eigenvalue weighted by molar-refractivity contribution is -0.121. The molecule has 3 rings (SSSR count). The van der Waals surface area contributed by atoms with Crippen LogP contribution in [-0.2, 0) is 27.7 Å². The van der Waals surface area contributed by atoms with Gasteiger partial charge in [0.1, 0.15) is 23.0 Å². The lowest BCUT2D eigenvalue weighted by Crippen LogP contribution is -2.33. The second kappa shape index (κ2) is 15.3. The first-order chi connectivity index (χ1) is 19.7. The fraction of sp³-hybridized carbons (Fsp3) is 0.467. The van der Waals surface area contributed by atoms with Crippen LogP contribution in [0.3, 0.4) is 0 Å². The molecule has 1 saturated heterocycles. The molecule has 2 aromatic rings. The van der Waals surface area contributed by atoms with Crippen LogP contribution in [0.15, 0.2) is 43.0 Å². The molecule has 10 nitrogen and oxygen atoms in total. The van der Waals surface area contributed by atoms with Gasteiger partial charge in [-0.3, -0.25) is 14.3 Å². The van der Waals surface area contributed by atoms with Crippen LogP contribution in [0.5, 0.6) is 23.0 Å². The van der Waals surface area contributed by atoms with Crippen LogP contribution in [0, 0.1) is 0 Å². The molecule has 2 aromatic carbocycles.